The summed E-state index contributed by atoms with van der Waals surface area (Å²) in [5, 5.41) is 7.98. The Kier molecular flexibility index (Phi) is 5.05. The third-order valence-electron chi connectivity index (χ3n) is 3.63. The van der Waals surface area contributed by atoms with Crippen molar-refractivity contribution in [1.82, 2.24) is 15.2 Å². The van der Waals surface area contributed by atoms with Crippen molar-refractivity contribution in [2.45, 2.75) is 17.8 Å². The SMILES string of the molecule is COc1ccc(OC)c(CSc2n[nH]c(-c3ccc(C)cc3)n2)c1. The van der Waals surface area contributed by atoms with E-state index in [-0.39, 0.29) is 0 Å². The number of benzene rings is 2. The predicted octanol–water partition coefficient (Wildman–Crippen LogP) is 4.09. The van der Waals surface area contributed by atoms with Gasteiger partial charge in [-0.05, 0) is 25.1 Å². The van der Waals surface area contributed by atoms with Crippen LogP contribution in [0.4, 0.5) is 0 Å². The number of methoxy groups -OCH3 is 2. The van der Waals surface area contributed by atoms with Gasteiger partial charge in [0.05, 0.1) is 14.2 Å². The number of aromatic amines is 1. The number of aryl methyl sites for hydroxylation is 1. The Morgan fingerprint density at radius 2 is 1.83 bits per heavy atom. The summed E-state index contributed by atoms with van der Waals surface area (Å²) in [5.41, 5.74) is 3.29. The zero-order valence-corrected chi connectivity index (χ0v) is 14.7. The third-order valence-corrected chi connectivity index (χ3v) is 4.53. The standard InChI is InChI=1S/C18H19N3O2S/c1-12-4-6-13(7-5-12)17-19-18(21-20-17)24-11-14-10-15(22-2)8-9-16(14)23-3/h4-10H,11H2,1-3H3,(H,19,20,21). The monoisotopic (exact) mass is 341 g/mol. The molecule has 24 heavy (non-hydrogen) atoms. The highest BCUT2D eigenvalue weighted by Gasteiger charge is 2.10. The first-order valence-corrected chi connectivity index (χ1v) is 8.51. The molecule has 5 nitrogen and oxygen atoms in total. The summed E-state index contributed by atoms with van der Waals surface area (Å²) in [7, 11) is 3.32. The average molecular weight is 341 g/mol. The van der Waals surface area contributed by atoms with Crippen molar-refractivity contribution >= 4 is 11.8 Å². The van der Waals surface area contributed by atoms with Crippen LogP contribution in [0.25, 0.3) is 11.4 Å². The normalized spacial score (nSPS) is 10.6. The number of hydrogen-bond acceptors (Lipinski definition) is 5. The van der Waals surface area contributed by atoms with E-state index >= 15 is 0 Å². The fourth-order valence-electron chi connectivity index (χ4n) is 2.29. The van der Waals surface area contributed by atoms with E-state index in [1.807, 2.05) is 30.3 Å². The lowest BCUT2D eigenvalue weighted by atomic mass is 10.1. The van der Waals surface area contributed by atoms with Gasteiger partial charge in [0.2, 0.25) is 5.16 Å². The molecule has 0 saturated heterocycles. The molecule has 6 heteroatoms. The van der Waals surface area contributed by atoms with Crippen LogP contribution in [0, 0.1) is 6.92 Å². The topological polar surface area (TPSA) is 60.0 Å². The van der Waals surface area contributed by atoms with E-state index in [1.165, 1.54) is 5.56 Å². The molecule has 0 bridgehead atoms. The van der Waals surface area contributed by atoms with Gasteiger partial charge in [-0.25, -0.2) is 4.98 Å². The fraction of sp³-hybridized carbons (Fsp3) is 0.222. The van der Waals surface area contributed by atoms with Gasteiger partial charge in [0, 0.05) is 16.9 Å². The fourth-order valence-corrected chi connectivity index (χ4v) is 3.06. The van der Waals surface area contributed by atoms with Crippen LogP contribution >= 0.6 is 11.8 Å². The summed E-state index contributed by atoms with van der Waals surface area (Å²) in [6, 6.07) is 14.0. The Bertz CT molecular complexity index is 815. The Morgan fingerprint density at radius 3 is 2.54 bits per heavy atom. The molecule has 2 aromatic carbocycles. The molecule has 0 atom stereocenters. The number of hydrogen-bond donors (Lipinski definition) is 1. The number of aromatic nitrogens is 3. The molecule has 0 spiro atoms. The van der Waals surface area contributed by atoms with Crippen molar-refractivity contribution < 1.29 is 9.47 Å². The highest BCUT2D eigenvalue weighted by Crippen LogP contribution is 2.30. The molecule has 1 N–H and O–H groups in total. The molecule has 0 amide bonds. The van der Waals surface area contributed by atoms with Crippen LogP contribution in [0.15, 0.2) is 47.6 Å². The quantitative estimate of drug-likeness (QED) is 0.684. The minimum Gasteiger partial charge on any atom is -0.497 e. The van der Waals surface area contributed by atoms with Gasteiger partial charge in [0.15, 0.2) is 5.82 Å². The number of thioether (sulfide) groups is 1. The predicted molar refractivity (Wildman–Crippen MR) is 95.7 cm³/mol. The molecule has 3 rings (SSSR count). The number of H-pyrrole nitrogens is 1. The zero-order valence-electron chi connectivity index (χ0n) is 13.9. The number of ether oxygens (including phenoxy) is 2. The maximum absolute atomic E-state index is 5.40. The van der Waals surface area contributed by atoms with Crippen molar-refractivity contribution in [2.75, 3.05) is 14.2 Å². The van der Waals surface area contributed by atoms with Crippen LogP contribution in [0.1, 0.15) is 11.1 Å². The molecular formula is C18H19N3O2S. The first-order valence-electron chi connectivity index (χ1n) is 7.52. The highest BCUT2D eigenvalue weighted by atomic mass is 32.2. The van der Waals surface area contributed by atoms with Crippen LogP contribution in [0.2, 0.25) is 0 Å². The summed E-state index contributed by atoms with van der Waals surface area (Å²) >= 11 is 1.55. The number of nitrogens with one attached hydrogen (secondary N) is 1. The minimum atomic E-state index is 0.700. The second-order valence-corrected chi connectivity index (χ2v) is 6.24. The van der Waals surface area contributed by atoms with Gasteiger partial charge < -0.3 is 9.47 Å². The largest absolute Gasteiger partial charge is 0.497 e. The van der Waals surface area contributed by atoms with Crippen LogP contribution in [-0.2, 0) is 5.75 Å². The lowest BCUT2D eigenvalue weighted by Gasteiger charge is -2.09. The Morgan fingerprint density at radius 1 is 1.04 bits per heavy atom. The summed E-state index contributed by atoms with van der Waals surface area (Å²) in [6.45, 7) is 2.06. The van der Waals surface area contributed by atoms with Crippen LogP contribution in [0.5, 0.6) is 11.5 Å². The lowest BCUT2D eigenvalue weighted by Crippen LogP contribution is -1.92. The zero-order chi connectivity index (χ0) is 16.9. The van der Waals surface area contributed by atoms with Gasteiger partial charge in [-0.3, -0.25) is 5.10 Å². The van der Waals surface area contributed by atoms with Gasteiger partial charge in [0.1, 0.15) is 11.5 Å². The van der Waals surface area contributed by atoms with Gasteiger partial charge in [-0.2, -0.15) is 0 Å². The molecule has 0 saturated carbocycles. The van der Waals surface area contributed by atoms with Crippen molar-refractivity contribution in [3.63, 3.8) is 0 Å². The highest BCUT2D eigenvalue weighted by molar-refractivity contribution is 7.98. The van der Waals surface area contributed by atoms with Crippen molar-refractivity contribution in [3.05, 3.63) is 53.6 Å². The molecule has 0 aliphatic carbocycles. The van der Waals surface area contributed by atoms with Crippen LogP contribution < -0.4 is 9.47 Å². The maximum atomic E-state index is 5.40. The van der Waals surface area contributed by atoms with E-state index in [0.29, 0.717) is 10.9 Å². The molecule has 0 radical (unpaired) electrons. The van der Waals surface area contributed by atoms with Gasteiger partial charge in [-0.1, -0.05) is 41.6 Å². The number of nitrogens with zero attached hydrogens (tertiary/aromatic N) is 2. The van der Waals surface area contributed by atoms with E-state index in [0.717, 1.165) is 28.5 Å². The van der Waals surface area contributed by atoms with Crippen LogP contribution in [-0.4, -0.2) is 29.4 Å². The van der Waals surface area contributed by atoms with Gasteiger partial charge >= 0.3 is 0 Å². The second-order valence-electron chi connectivity index (χ2n) is 5.30. The maximum Gasteiger partial charge on any atom is 0.209 e. The molecule has 0 aliphatic rings. The van der Waals surface area contributed by atoms with E-state index in [1.54, 1.807) is 26.0 Å². The van der Waals surface area contributed by atoms with E-state index in [2.05, 4.69) is 34.2 Å². The first-order chi connectivity index (χ1) is 11.7. The van der Waals surface area contributed by atoms with E-state index in [4.69, 9.17) is 9.47 Å². The molecule has 3 aromatic rings. The van der Waals surface area contributed by atoms with Crippen LogP contribution in [0.3, 0.4) is 0 Å². The summed E-state index contributed by atoms with van der Waals surface area (Å²) in [5.74, 6) is 3.11. The van der Waals surface area contributed by atoms with Crippen molar-refractivity contribution in [2.24, 2.45) is 0 Å². The van der Waals surface area contributed by atoms with E-state index in [9.17, 15) is 0 Å². The molecule has 0 aliphatic heterocycles. The molecule has 0 fully saturated rings. The Hall–Kier alpha value is -2.47. The average Bonchev–Trinajstić information content (AvgIpc) is 3.09. The van der Waals surface area contributed by atoms with E-state index < -0.39 is 0 Å². The third kappa shape index (κ3) is 3.71. The Balaban J connectivity index is 1.73. The molecule has 1 aromatic heterocycles. The van der Waals surface area contributed by atoms with Gasteiger partial charge in [-0.15, -0.1) is 5.10 Å². The molecule has 0 unspecified atom stereocenters. The smallest absolute Gasteiger partial charge is 0.209 e. The second kappa shape index (κ2) is 7.40. The van der Waals surface area contributed by atoms with Gasteiger partial charge in [0.25, 0.3) is 0 Å². The summed E-state index contributed by atoms with van der Waals surface area (Å²) in [6.07, 6.45) is 0. The Labute approximate surface area is 145 Å². The molecule has 1 heterocycles. The summed E-state index contributed by atoms with van der Waals surface area (Å²) < 4.78 is 10.7. The van der Waals surface area contributed by atoms with Crippen molar-refractivity contribution in [3.8, 4) is 22.9 Å². The van der Waals surface area contributed by atoms with Crippen molar-refractivity contribution in [1.29, 1.82) is 0 Å². The first kappa shape index (κ1) is 16.4. The minimum absolute atomic E-state index is 0.700. The molecular weight excluding hydrogens is 322 g/mol. The lowest BCUT2D eigenvalue weighted by molar-refractivity contribution is 0.400. The summed E-state index contributed by atoms with van der Waals surface area (Å²) in [4.78, 5) is 4.55. The number of rotatable bonds is 6. The molecule has 124 valence electrons.